The molecule has 1 heterocycles. The van der Waals surface area contributed by atoms with E-state index in [9.17, 15) is 4.79 Å². The lowest BCUT2D eigenvalue weighted by atomic mass is 10.2. The normalized spacial score (nSPS) is 10.7. The number of amides is 2. The summed E-state index contributed by atoms with van der Waals surface area (Å²) in [7, 11) is 1.68. The van der Waals surface area contributed by atoms with Gasteiger partial charge in [-0.15, -0.1) is 0 Å². The van der Waals surface area contributed by atoms with Crippen LogP contribution in [0.15, 0.2) is 28.8 Å². The first-order valence-electron chi connectivity index (χ1n) is 8.04. The number of aryl methyl sites for hydroxylation is 1. The van der Waals surface area contributed by atoms with E-state index in [2.05, 4.69) is 15.5 Å². The number of nitrogens with zero attached hydrogens (tertiary/aromatic N) is 3. The first kappa shape index (κ1) is 17.8. The lowest BCUT2D eigenvalue weighted by Gasteiger charge is -2.18. The smallest absolute Gasteiger partial charge is 0.317 e. The van der Waals surface area contributed by atoms with Crippen molar-refractivity contribution in [1.29, 1.82) is 0 Å². The minimum absolute atomic E-state index is 0.0785. The Labute approximate surface area is 142 Å². The van der Waals surface area contributed by atoms with Gasteiger partial charge in [0, 0.05) is 25.6 Å². The Kier molecular flexibility index (Phi) is 6.17. The van der Waals surface area contributed by atoms with Gasteiger partial charge in [0.15, 0.2) is 5.82 Å². The minimum Gasteiger partial charge on any atom is -0.491 e. The number of rotatable bonds is 7. The summed E-state index contributed by atoms with van der Waals surface area (Å²) in [6, 6.07) is 7.45. The summed E-state index contributed by atoms with van der Waals surface area (Å²) < 4.78 is 10.8. The van der Waals surface area contributed by atoms with Crippen LogP contribution in [-0.2, 0) is 19.5 Å². The SMILES string of the molecule is CCc1noc(CN(C)C(=O)NCc2ccccc2OC(C)C)n1. The number of carbonyl (C=O) groups excluding carboxylic acids is 1. The second kappa shape index (κ2) is 8.33. The van der Waals surface area contributed by atoms with Crippen LogP contribution in [0.5, 0.6) is 5.75 Å². The quantitative estimate of drug-likeness (QED) is 0.843. The largest absolute Gasteiger partial charge is 0.491 e. The van der Waals surface area contributed by atoms with Crippen LogP contribution in [0.4, 0.5) is 4.79 Å². The molecule has 0 atom stereocenters. The molecule has 7 heteroatoms. The summed E-state index contributed by atoms with van der Waals surface area (Å²) in [6.07, 6.45) is 0.779. The molecule has 0 bridgehead atoms. The van der Waals surface area contributed by atoms with E-state index < -0.39 is 0 Å². The summed E-state index contributed by atoms with van der Waals surface area (Å²) in [6.45, 7) is 6.54. The van der Waals surface area contributed by atoms with E-state index in [-0.39, 0.29) is 18.7 Å². The van der Waals surface area contributed by atoms with E-state index in [0.717, 1.165) is 11.3 Å². The van der Waals surface area contributed by atoms with E-state index in [4.69, 9.17) is 9.26 Å². The Balaban J connectivity index is 1.90. The molecule has 1 aromatic heterocycles. The highest BCUT2D eigenvalue weighted by atomic mass is 16.5. The average Bonchev–Trinajstić information content (AvgIpc) is 3.00. The van der Waals surface area contributed by atoms with Gasteiger partial charge >= 0.3 is 6.03 Å². The summed E-state index contributed by atoms with van der Waals surface area (Å²) in [5.74, 6) is 1.84. The Morgan fingerprint density at radius 3 is 2.79 bits per heavy atom. The molecule has 2 amide bonds. The fraction of sp³-hybridized carbons (Fsp3) is 0.471. The molecule has 130 valence electrons. The fourth-order valence-corrected chi connectivity index (χ4v) is 2.10. The lowest BCUT2D eigenvalue weighted by Crippen LogP contribution is -2.36. The molecule has 0 saturated carbocycles. The van der Waals surface area contributed by atoms with E-state index in [1.807, 2.05) is 45.0 Å². The van der Waals surface area contributed by atoms with E-state index in [0.29, 0.717) is 24.7 Å². The van der Waals surface area contributed by atoms with Gasteiger partial charge < -0.3 is 19.5 Å². The van der Waals surface area contributed by atoms with Gasteiger partial charge in [0.25, 0.3) is 0 Å². The number of hydrogen-bond donors (Lipinski definition) is 1. The molecular formula is C17H24N4O3. The third-order valence-electron chi connectivity index (χ3n) is 3.31. The van der Waals surface area contributed by atoms with Gasteiger partial charge in [0.2, 0.25) is 5.89 Å². The van der Waals surface area contributed by atoms with Gasteiger partial charge in [-0.2, -0.15) is 4.98 Å². The second-order valence-corrected chi connectivity index (χ2v) is 5.75. The first-order chi connectivity index (χ1) is 11.5. The zero-order valence-corrected chi connectivity index (χ0v) is 14.6. The Morgan fingerprint density at radius 2 is 2.12 bits per heavy atom. The minimum atomic E-state index is -0.217. The van der Waals surface area contributed by atoms with Crippen molar-refractivity contribution < 1.29 is 14.1 Å². The summed E-state index contributed by atoms with van der Waals surface area (Å²) in [4.78, 5) is 17.9. The third kappa shape index (κ3) is 4.97. The summed E-state index contributed by atoms with van der Waals surface area (Å²) in [5, 5.41) is 6.69. The van der Waals surface area contributed by atoms with Gasteiger partial charge in [-0.1, -0.05) is 30.3 Å². The highest BCUT2D eigenvalue weighted by Crippen LogP contribution is 2.19. The molecule has 0 aliphatic carbocycles. The molecule has 0 unspecified atom stereocenters. The maximum Gasteiger partial charge on any atom is 0.317 e. The van der Waals surface area contributed by atoms with Gasteiger partial charge in [0.1, 0.15) is 12.3 Å². The molecule has 0 aliphatic rings. The maximum atomic E-state index is 12.2. The topological polar surface area (TPSA) is 80.5 Å². The molecule has 2 aromatic rings. The summed E-state index contributed by atoms with van der Waals surface area (Å²) in [5.41, 5.74) is 0.930. The van der Waals surface area contributed by atoms with Crippen LogP contribution >= 0.6 is 0 Å². The molecule has 0 spiro atoms. The molecule has 0 fully saturated rings. The van der Waals surface area contributed by atoms with Gasteiger partial charge in [-0.05, 0) is 19.9 Å². The highest BCUT2D eigenvalue weighted by molar-refractivity contribution is 5.73. The molecular weight excluding hydrogens is 308 g/mol. The molecule has 7 nitrogen and oxygen atoms in total. The predicted molar refractivity (Wildman–Crippen MR) is 89.6 cm³/mol. The zero-order chi connectivity index (χ0) is 17.5. The second-order valence-electron chi connectivity index (χ2n) is 5.75. The predicted octanol–water partition coefficient (Wildman–Crippen LogP) is 2.76. The van der Waals surface area contributed by atoms with Crippen LogP contribution in [0.2, 0.25) is 0 Å². The molecule has 2 rings (SSSR count). The van der Waals surface area contributed by atoms with Crippen LogP contribution in [0.3, 0.4) is 0 Å². The van der Waals surface area contributed by atoms with Crippen LogP contribution in [0, 0.1) is 0 Å². The van der Waals surface area contributed by atoms with Crippen molar-refractivity contribution in [2.45, 2.75) is 46.4 Å². The van der Waals surface area contributed by atoms with E-state index >= 15 is 0 Å². The van der Waals surface area contributed by atoms with Gasteiger partial charge in [-0.25, -0.2) is 4.79 Å². The monoisotopic (exact) mass is 332 g/mol. The molecule has 24 heavy (non-hydrogen) atoms. The van der Waals surface area contributed by atoms with Crippen molar-refractivity contribution >= 4 is 6.03 Å². The number of hydrogen-bond acceptors (Lipinski definition) is 5. The lowest BCUT2D eigenvalue weighted by molar-refractivity contribution is 0.198. The molecule has 0 saturated heterocycles. The maximum absolute atomic E-state index is 12.2. The molecule has 1 N–H and O–H groups in total. The average molecular weight is 332 g/mol. The standard InChI is InChI=1S/C17H24N4O3/c1-5-15-19-16(24-20-15)11-21(4)17(22)18-10-13-8-6-7-9-14(13)23-12(2)3/h6-9,12H,5,10-11H2,1-4H3,(H,18,22). The van der Waals surface area contributed by atoms with Crippen LogP contribution < -0.4 is 10.1 Å². The number of urea groups is 1. The van der Waals surface area contributed by atoms with E-state index in [1.165, 1.54) is 4.90 Å². The van der Waals surface area contributed by atoms with Gasteiger partial charge in [-0.3, -0.25) is 0 Å². The number of nitrogens with one attached hydrogen (secondary N) is 1. The van der Waals surface area contributed by atoms with Crippen molar-refractivity contribution in [3.63, 3.8) is 0 Å². The Morgan fingerprint density at radius 1 is 1.38 bits per heavy atom. The highest BCUT2D eigenvalue weighted by Gasteiger charge is 2.14. The number of para-hydroxylation sites is 1. The van der Waals surface area contributed by atoms with Gasteiger partial charge in [0.05, 0.1) is 6.10 Å². The van der Waals surface area contributed by atoms with Crippen LogP contribution in [0.25, 0.3) is 0 Å². The van der Waals surface area contributed by atoms with Crippen molar-refractivity contribution in [1.82, 2.24) is 20.4 Å². The van der Waals surface area contributed by atoms with Crippen molar-refractivity contribution in [2.24, 2.45) is 0 Å². The Bertz CT molecular complexity index is 669. The van der Waals surface area contributed by atoms with Crippen LogP contribution in [-0.4, -0.2) is 34.2 Å². The number of aromatic nitrogens is 2. The van der Waals surface area contributed by atoms with Crippen molar-refractivity contribution in [2.75, 3.05) is 7.05 Å². The molecule has 1 aromatic carbocycles. The van der Waals surface area contributed by atoms with Crippen LogP contribution in [0.1, 0.15) is 38.0 Å². The summed E-state index contributed by atoms with van der Waals surface area (Å²) >= 11 is 0. The van der Waals surface area contributed by atoms with Crippen molar-refractivity contribution in [3.05, 3.63) is 41.5 Å². The molecule has 0 aliphatic heterocycles. The Hall–Kier alpha value is -2.57. The zero-order valence-electron chi connectivity index (χ0n) is 14.6. The molecule has 0 radical (unpaired) electrons. The van der Waals surface area contributed by atoms with E-state index in [1.54, 1.807) is 7.05 Å². The third-order valence-corrected chi connectivity index (χ3v) is 3.31. The van der Waals surface area contributed by atoms with Crippen molar-refractivity contribution in [3.8, 4) is 5.75 Å². The fourth-order valence-electron chi connectivity index (χ4n) is 2.10. The number of benzene rings is 1. The number of ether oxygens (including phenoxy) is 1. The number of carbonyl (C=O) groups is 1. The first-order valence-corrected chi connectivity index (χ1v) is 8.04.